The smallest absolute Gasteiger partial charge is 0.258 e. The third-order valence-electron chi connectivity index (χ3n) is 4.88. The van der Waals surface area contributed by atoms with Gasteiger partial charge in [0.15, 0.2) is 11.0 Å². The number of thioether (sulfide) groups is 1. The fourth-order valence-electron chi connectivity index (χ4n) is 3.33. The summed E-state index contributed by atoms with van der Waals surface area (Å²) in [5.74, 6) is 0.460. The Kier molecular flexibility index (Phi) is 5.65. The van der Waals surface area contributed by atoms with Crippen molar-refractivity contribution >= 4 is 34.3 Å². The molecule has 2 aromatic heterocycles. The molecule has 0 atom stereocenters. The van der Waals surface area contributed by atoms with Crippen LogP contribution in [0.15, 0.2) is 76.7 Å². The van der Waals surface area contributed by atoms with Crippen LogP contribution in [0.5, 0.6) is 0 Å². The van der Waals surface area contributed by atoms with Crippen LogP contribution in [0.1, 0.15) is 5.82 Å². The fourth-order valence-corrected chi connectivity index (χ4v) is 4.32. The molecule has 0 amide bonds. The van der Waals surface area contributed by atoms with E-state index < -0.39 is 0 Å². The molecule has 0 saturated heterocycles. The Hall–Kier alpha value is -3.56. The zero-order chi connectivity index (χ0) is 22.9. The number of nitrogens with one attached hydrogen (secondary N) is 1. The Labute approximate surface area is 195 Å². The van der Waals surface area contributed by atoms with Crippen LogP contribution >= 0.6 is 23.4 Å². The van der Waals surface area contributed by atoms with E-state index >= 15 is 0 Å². The van der Waals surface area contributed by atoms with Gasteiger partial charge in [-0.05, 0) is 66.7 Å². The molecule has 164 valence electrons. The highest BCUT2D eigenvalue weighted by Gasteiger charge is 2.17. The molecular formula is C23H14ClF2N5OS. The number of nitrogens with zero attached hydrogens (tertiary/aromatic N) is 4. The molecule has 0 bridgehead atoms. The number of rotatable bonds is 5. The van der Waals surface area contributed by atoms with Gasteiger partial charge in [-0.1, -0.05) is 23.4 Å². The van der Waals surface area contributed by atoms with Gasteiger partial charge in [-0.3, -0.25) is 9.36 Å². The van der Waals surface area contributed by atoms with E-state index in [1.54, 1.807) is 47.0 Å². The Balaban J connectivity index is 1.53. The van der Waals surface area contributed by atoms with Gasteiger partial charge >= 0.3 is 0 Å². The van der Waals surface area contributed by atoms with Crippen LogP contribution in [-0.2, 0) is 5.75 Å². The first-order valence-corrected chi connectivity index (χ1v) is 11.1. The highest BCUT2D eigenvalue weighted by molar-refractivity contribution is 7.98. The largest absolute Gasteiger partial charge is 0.309 e. The number of hydrogen-bond donors (Lipinski definition) is 1. The highest BCUT2D eigenvalue weighted by Crippen LogP contribution is 2.29. The molecule has 0 fully saturated rings. The van der Waals surface area contributed by atoms with Crippen LogP contribution in [0.3, 0.4) is 0 Å². The van der Waals surface area contributed by atoms with Gasteiger partial charge in [0.2, 0.25) is 0 Å². The first-order chi connectivity index (χ1) is 16.0. The Morgan fingerprint density at radius 3 is 2.36 bits per heavy atom. The number of benzene rings is 3. The van der Waals surface area contributed by atoms with Crippen molar-refractivity contribution < 1.29 is 8.78 Å². The molecule has 0 radical (unpaired) electrons. The average Bonchev–Trinajstić information content (AvgIpc) is 3.22. The van der Waals surface area contributed by atoms with Crippen molar-refractivity contribution in [2.75, 3.05) is 0 Å². The Morgan fingerprint density at radius 1 is 0.939 bits per heavy atom. The van der Waals surface area contributed by atoms with Gasteiger partial charge in [0.25, 0.3) is 5.56 Å². The molecule has 5 aromatic rings. The minimum Gasteiger partial charge on any atom is -0.309 e. The van der Waals surface area contributed by atoms with E-state index in [0.717, 1.165) is 0 Å². The molecule has 10 heteroatoms. The first-order valence-electron chi connectivity index (χ1n) is 9.76. The van der Waals surface area contributed by atoms with E-state index in [9.17, 15) is 13.6 Å². The van der Waals surface area contributed by atoms with Gasteiger partial charge in [0.1, 0.15) is 17.5 Å². The van der Waals surface area contributed by atoms with E-state index in [1.165, 1.54) is 36.0 Å². The highest BCUT2D eigenvalue weighted by atomic mass is 35.5. The third kappa shape index (κ3) is 4.37. The summed E-state index contributed by atoms with van der Waals surface area (Å²) in [6, 6.07) is 16.6. The van der Waals surface area contributed by atoms with Crippen LogP contribution in [-0.4, -0.2) is 24.7 Å². The van der Waals surface area contributed by atoms with Crippen molar-refractivity contribution in [1.29, 1.82) is 0 Å². The second-order valence-electron chi connectivity index (χ2n) is 7.09. The van der Waals surface area contributed by atoms with E-state index in [2.05, 4.69) is 20.2 Å². The summed E-state index contributed by atoms with van der Waals surface area (Å²) in [6.45, 7) is 0. The van der Waals surface area contributed by atoms with Crippen molar-refractivity contribution in [3.63, 3.8) is 0 Å². The van der Waals surface area contributed by atoms with Crippen molar-refractivity contribution in [2.45, 2.75) is 10.9 Å². The van der Waals surface area contributed by atoms with Crippen LogP contribution in [0, 0.1) is 11.6 Å². The van der Waals surface area contributed by atoms with Crippen molar-refractivity contribution in [3.05, 3.63) is 99.6 Å². The molecule has 0 aliphatic rings. The van der Waals surface area contributed by atoms with E-state index in [-0.39, 0.29) is 17.2 Å². The van der Waals surface area contributed by atoms with E-state index in [0.29, 0.717) is 49.7 Å². The zero-order valence-electron chi connectivity index (χ0n) is 16.8. The second kappa shape index (κ2) is 8.76. The summed E-state index contributed by atoms with van der Waals surface area (Å²) in [7, 11) is 0. The molecule has 0 unspecified atom stereocenters. The van der Waals surface area contributed by atoms with E-state index in [1.807, 2.05) is 0 Å². The summed E-state index contributed by atoms with van der Waals surface area (Å²) in [6.07, 6.45) is 0. The van der Waals surface area contributed by atoms with Gasteiger partial charge < -0.3 is 4.98 Å². The van der Waals surface area contributed by atoms with Crippen LogP contribution in [0.25, 0.3) is 28.0 Å². The molecule has 5 rings (SSSR count). The first kappa shape index (κ1) is 21.3. The molecule has 0 spiro atoms. The second-order valence-corrected chi connectivity index (χ2v) is 8.47. The number of halogens is 3. The number of aromatic nitrogens is 5. The maximum atomic E-state index is 13.5. The summed E-state index contributed by atoms with van der Waals surface area (Å²) in [5.41, 5.74) is 1.51. The number of fused-ring (bicyclic) bond motifs is 1. The monoisotopic (exact) mass is 481 g/mol. The number of hydrogen-bond acceptors (Lipinski definition) is 5. The number of H-pyrrole nitrogens is 1. The molecule has 1 N–H and O–H groups in total. The maximum absolute atomic E-state index is 13.5. The SMILES string of the molecule is O=c1[nH]c(CSc2nnc(-c3ccc(F)cc3)n2-c2ccc(F)cc2)nc2cc(Cl)ccc12. The summed E-state index contributed by atoms with van der Waals surface area (Å²) < 4.78 is 28.7. The van der Waals surface area contributed by atoms with Crippen LogP contribution < -0.4 is 5.56 Å². The summed E-state index contributed by atoms with van der Waals surface area (Å²) >= 11 is 7.33. The molecular weight excluding hydrogens is 468 g/mol. The summed E-state index contributed by atoms with van der Waals surface area (Å²) in [4.78, 5) is 19.7. The lowest BCUT2D eigenvalue weighted by atomic mass is 10.2. The maximum Gasteiger partial charge on any atom is 0.258 e. The standard InChI is InChI=1S/C23H14ClF2N5OS/c24-14-3-10-18-19(11-14)27-20(28-22(18)32)12-33-23-30-29-21(13-1-4-15(25)5-2-13)31(23)17-8-6-16(26)7-9-17/h1-11H,12H2,(H,27,28,32). The average molecular weight is 482 g/mol. The fraction of sp³-hybridized carbons (Fsp3) is 0.0435. The Morgan fingerprint density at radius 2 is 1.64 bits per heavy atom. The van der Waals surface area contributed by atoms with Crippen LogP contribution in [0.2, 0.25) is 5.02 Å². The minimum atomic E-state index is -0.374. The van der Waals surface area contributed by atoms with Gasteiger partial charge in [-0.2, -0.15) is 0 Å². The van der Waals surface area contributed by atoms with Crippen molar-refractivity contribution in [3.8, 4) is 17.1 Å². The predicted octanol–water partition coefficient (Wildman–Crippen LogP) is 5.39. The predicted molar refractivity (Wildman–Crippen MR) is 124 cm³/mol. The molecule has 0 aliphatic heterocycles. The zero-order valence-corrected chi connectivity index (χ0v) is 18.4. The molecule has 6 nitrogen and oxygen atoms in total. The quantitative estimate of drug-likeness (QED) is 0.340. The van der Waals surface area contributed by atoms with Crippen molar-refractivity contribution in [2.24, 2.45) is 0 Å². The molecule has 3 aromatic carbocycles. The normalized spacial score (nSPS) is 11.2. The van der Waals surface area contributed by atoms with Gasteiger partial charge in [-0.15, -0.1) is 10.2 Å². The van der Waals surface area contributed by atoms with E-state index in [4.69, 9.17) is 11.6 Å². The third-order valence-corrected chi connectivity index (χ3v) is 6.05. The molecule has 0 aliphatic carbocycles. The van der Waals surface area contributed by atoms with Crippen LogP contribution in [0.4, 0.5) is 8.78 Å². The molecule has 33 heavy (non-hydrogen) atoms. The Bertz CT molecular complexity index is 1520. The van der Waals surface area contributed by atoms with Gasteiger partial charge in [0.05, 0.1) is 16.7 Å². The topological polar surface area (TPSA) is 76.5 Å². The van der Waals surface area contributed by atoms with Gasteiger partial charge in [-0.25, -0.2) is 13.8 Å². The van der Waals surface area contributed by atoms with Crippen molar-refractivity contribution in [1.82, 2.24) is 24.7 Å². The molecule has 0 saturated carbocycles. The lowest BCUT2D eigenvalue weighted by Gasteiger charge is -2.10. The summed E-state index contributed by atoms with van der Waals surface area (Å²) in [5, 5.41) is 9.97. The lowest BCUT2D eigenvalue weighted by Crippen LogP contribution is -2.11. The number of aromatic amines is 1. The van der Waals surface area contributed by atoms with Gasteiger partial charge in [0, 0.05) is 16.3 Å². The minimum absolute atomic E-state index is 0.265. The lowest BCUT2D eigenvalue weighted by molar-refractivity contribution is 0.626. The molecule has 2 heterocycles.